The second-order valence-electron chi connectivity index (χ2n) is 7.26. The molecule has 7 nitrogen and oxygen atoms in total. The zero-order valence-electron chi connectivity index (χ0n) is 16.5. The number of aromatic nitrogens is 2. The van der Waals surface area contributed by atoms with Crippen LogP contribution >= 0.6 is 0 Å². The molecule has 8 heteroatoms. The van der Waals surface area contributed by atoms with E-state index in [4.69, 9.17) is 4.74 Å². The standard InChI is InChI=1S/C21H25N3O4S/c1-15(12-13-29(2,26)27)23-20(25)18-14-22-19(16-8-6-7-9-16)24-21(18)28-17-10-4-3-5-11-17/h3-5,10-16H,6-9H2,1-2H3,(H,23,25). The van der Waals surface area contributed by atoms with Crippen LogP contribution in [-0.4, -0.2) is 36.6 Å². The number of benzene rings is 1. The van der Waals surface area contributed by atoms with E-state index in [1.165, 1.54) is 12.3 Å². The molecule has 29 heavy (non-hydrogen) atoms. The van der Waals surface area contributed by atoms with E-state index in [0.717, 1.165) is 37.3 Å². The summed E-state index contributed by atoms with van der Waals surface area (Å²) in [5.41, 5.74) is 0.204. The van der Waals surface area contributed by atoms with Gasteiger partial charge in [-0.3, -0.25) is 4.79 Å². The number of nitrogens with zero attached hydrogens (tertiary/aromatic N) is 2. The molecular formula is C21H25N3O4S. The molecule has 1 heterocycles. The van der Waals surface area contributed by atoms with Gasteiger partial charge in [0.2, 0.25) is 5.88 Å². The Morgan fingerprint density at radius 3 is 2.59 bits per heavy atom. The Bertz CT molecular complexity index is 984. The maximum atomic E-state index is 12.8. The highest BCUT2D eigenvalue weighted by molar-refractivity contribution is 7.93. The lowest BCUT2D eigenvalue weighted by atomic mass is 10.1. The van der Waals surface area contributed by atoms with Crippen molar-refractivity contribution in [1.82, 2.24) is 15.3 Å². The van der Waals surface area contributed by atoms with Crippen LogP contribution in [0.5, 0.6) is 11.6 Å². The number of para-hydroxylation sites is 1. The SMILES string of the molecule is CC(C=CS(C)(=O)=O)NC(=O)c1cnc(C2CCCC2)nc1Oc1ccccc1. The van der Waals surface area contributed by atoms with Crippen molar-refractivity contribution >= 4 is 15.7 Å². The molecule has 0 bridgehead atoms. The summed E-state index contributed by atoms with van der Waals surface area (Å²) in [6, 6.07) is 8.64. The summed E-state index contributed by atoms with van der Waals surface area (Å²) in [6.07, 6.45) is 8.36. The van der Waals surface area contributed by atoms with Crippen molar-refractivity contribution in [1.29, 1.82) is 0 Å². The minimum absolute atomic E-state index is 0.199. The quantitative estimate of drug-likeness (QED) is 0.742. The molecule has 2 aromatic rings. The fraction of sp³-hybridized carbons (Fsp3) is 0.381. The first-order valence-electron chi connectivity index (χ1n) is 9.61. The normalized spacial score (nSPS) is 16.1. The number of rotatable bonds is 7. The molecule has 1 atom stereocenters. The molecule has 1 saturated carbocycles. The van der Waals surface area contributed by atoms with Gasteiger partial charge in [-0.2, -0.15) is 4.98 Å². The Kier molecular flexibility index (Phi) is 6.64. The Morgan fingerprint density at radius 1 is 1.24 bits per heavy atom. The Balaban J connectivity index is 1.85. The van der Waals surface area contributed by atoms with E-state index < -0.39 is 21.8 Å². The van der Waals surface area contributed by atoms with Gasteiger partial charge in [-0.15, -0.1) is 0 Å². The van der Waals surface area contributed by atoms with E-state index in [2.05, 4.69) is 15.3 Å². The van der Waals surface area contributed by atoms with Crippen molar-refractivity contribution in [2.75, 3.05) is 6.26 Å². The van der Waals surface area contributed by atoms with Gasteiger partial charge in [0.05, 0.1) is 0 Å². The number of nitrogens with one attached hydrogen (secondary N) is 1. The monoisotopic (exact) mass is 415 g/mol. The number of carbonyl (C=O) groups is 1. The van der Waals surface area contributed by atoms with Crippen LogP contribution in [0.1, 0.15) is 54.7 Å². The third-order valence-corrected chi connectivity index (χ3v) is 5.32. The number of ether oxygens (including phenoxy) is 1. The minimum Gasteiger partial charge on any atom is -0.438 e. The number of amides is 1. The van der Waals surface area contributed by atoms with Crippen LogP contribution in [0.15, 0.2) is 48.0 Å². The topological polar surface area (TPSA) is 98.2 Å². The molecule has 1 N–H and O–H groups in total. The fourth-order valence-electron chi connectivity index (χ4n) is 3.19. The van der Waals surface area contributed by atoms with Crippen molar-refractivity contribution in [2.24, 2.45) is 0 Å². The predicted octanol–water partition coefficient (Wildman–Crippen LogP) is 3.60. The van der Waals surface area contributed by atoms with Crippen LogP contribution in [0.3, 0.4) is 0 Å². The van der Waals surface area contributed by atoms with Crippen molar-refractivity contribution in [3.05, 3.63) is 59.4 Å². The first-order chi connectivity index (χ1) is 13.8. The summed E-state index contributed by atoms with van der Waals surface area (Å²) >= 11 is 0. The summed E-state index contributed by atoms with van der Waals surface area (Å²) in [5, 5.41) is 3.80. The van der Waals surface area contributed by atoms with Crippen molar-refractivity contribution in [3.8, 4) is 11.6 Å². The van der Waals surface area contributed by atoms with E-state index in [1.54, 1.807) is 19.1 Å². The van der Waals surface area contributed by atoms with Crippen LogP contribution in [0.25, 0.3) is 0 Å². The number of carbonyl (C=O) groups excluding carboxylic acids is 1. The van der Waals surface area contributed by atoms with Gasteiger partial charge in [-0.25, -0.2) is 13.4 Å². The summed E-state index contributed by atoms with van der Waals surface area (Å²) in [7, 11) is -3.26. The molecule has 154 valence electrons. The summed E-state index contributed by atoms with van der Waals surface area (Å²) in [6.45, 7) is 1.69. The maximum absolute atomic E-state index is 12.8. The molecule has 1 aromatic carbocycles. The van der Waals surface area contributed by atoms with Crippen LogP contribution in [0.2, 0.25) is 0 Å². The molecule has 1 amide bonds. The van der Waals surface area contributed by atoms with Gasteiger partial charge >= 0.3 is 0 Å². The molecule has 1 aliphatic rings. The molecule has 1 aliphatic carbocycles. The highest BCUT2D eigenvalue weighted by Crippen LogP contribution is 2.33. The molecule has 0 radical (unpaired) electrons. The summed E-state index contributed by atoms with van der Waals surface area (Å²) in [5.74, 6) is 1.31. The molecule has 1 aromatic heterocycles. The maximum Gasteiger partial charge on any atom is 0.258 e. The molecule has 0 saturated heterocycles. The lowest BCUT2D eigenvalue weighted by Crippen LogP contribution is -2.31. The van der Waals surface area contributed by atoms with Crippen molar-refractivity contribution in [3.63, 3.8) is 0 Å². The summed E-state index contributed by atoms with van der Waals surface area (Å²) in [4.78, 5) is 21.7. The lowest BCUT2D eigenvalue weighted by Gasteiger charge is -2.15. The highest BCUT2D eigenvalue weighted by Gasteiger charge is 2.24. The summed E-state index contributed by atoms with van der Waals surface area (Å²) < 4.78 is 28.4. The number of hydrogen-bond donors (Lipinski definition) is 1. The second kappa shape index (κ2) is 9.17. The highest BCUT2D eigenvalue weighted by atomic mass is 32.2. The van der Waals surface area contributed by atoms with E-state index in [9.17, 15) is 13.2 Å². The van der Waals surface area contributed by atoms with Gasteiger partial charge < -0.3 is 10.1 Å². The zero-order chi connectivity index (χ0) is 20.9. The minimum atomic E-state index is -3.26. The van der Waals surface area contributed by atoms with Crippen LogP contribution in [0, 0.1) is 0 Å². The molecule has 1 unspecified atom stereocenters. The van der Waals surface area contributed by atoms with E-state index in [-0.39, 0.29) is 17.4 Å². The molecule has 1 fully saturated rings. The van der Waals surface area contributed by atoms with Gasteiger partial charge in [0.25, 0.3) is 5.91 Å². The van der Waals surface area contributed by atoms with Gasteiger partial charge in [0.15, 0.2) is 9.84 Å². The number of sulfone groups is 1. The van der Waals surface area contributed by atoms with Gasteiger partial charge in [-0.05, 0) is 31.9 Å². The van der Waals surface area contributed by atoms with Crippen molar-refractivity contribution < 1.29 is 17.9 Å². The van der Waals surface area contributed by atoms with Crippen molar-refractivity contribution in [2.45, 2.75) is 44.6 Å². The van der Waals surface area contributed by atoms with Crippen LogP contribution in [0.4, 0.5) is 0 Å². The zero-order valence-corrected chi connectivity index (χ0v) is 17.4. The first kappa shape index (κ1) is 21.0. The second-order valence-corrected chi connectivity index (χ2v) is 9.19. The van der Waals surface area contributed by atoms with Gasteiger partial charge in [-0.1, -0.05) is 37.1 Å². The largest absolute Gasteiger partial charge is 0.438 e. The molecule has 3 rings (SSSR count). The van der Waals surface area contributed by atoms with Crippen LogP contribution in [-0.2, 0) is 9.84 Å². The third-order valence-electron chi connectivity index (χ3n) is 4.67. The average molecular weight is 416 g/mol. The molecule has 0 aliphatic heterocycles. The molecule has 0 spiro atoms. The van der Waals surface area contributed by atoms with E-state index in [1.807, 2.05) is 18.2 Å². The molecular weight excluding hydrogens is 390 g/mol. The van der Waals surface area contributed by atoms with Gasteiger partial charge in [0.1, 0.15) is 17.1 Å². The lowest BCUT2D eigenvalue weighted by molar-refractivity contribution is 0.0943. The Hall–Kier alpha value is -2.74. The number of hydrogen-bond acceptors (Lipinski definition) is 6. The Morgan fingerprint density at radius 2 is 1.93 bits per heavy atom. The van der Waals surface area contributed by atoms with E-state index >= 15 is 0 Å². The average Bonchev–Trinajstić information content (AvgIpc) is 3.21. The smallest absolute Gasteiger partial charge is 0.258 e. The third kappa shape index (κ3) is 6.12. The fourth-order valence-corrected chi connectivity index (χ4v) is 3.71. The van der Waals surface area contributed by atoms with E-state index in [0.29, 0.717) is 11.6 Å². The Labute approximate surface area is 171 Å². The van der Waals surface area contributed by atoms with Crippen LogP contribution < -0.4 is 10.1 Å². The first-order valence-corrected chi connectivity index (χ1v) is 11.6. The van der Waals surface area contributed by atoms with Gasteiger partial charge in [0, 0.05) is 29.8 Å². The predicted molar refractivity (Wildman–Crippen MR) is 111 cm³/mol.